The Kier molecular flexibility index (Phi) is 4.22. The topological polar surface area (TPSA) is 90.0 Å². The fourth-order valence-electron chi connectivity index (χ4n) is 1.81. The zero-order chi connectivity index (χ0) is 14.8. The lowest BCUT2D eigenvalue weighted by Crippen LogP contribution is -2.23. The minimum absolute atomic E-state index is 0.217. The molecule has 3 N–H and O–H groups in total. The van der Waals surface area contributed by atoms with E-state index in [-0.39, 0.29) is 11.4 Å². The summed E-state index contributed by atoms with van der Waals surface area (Å²) in [6, 6.07) is 6.62. The van der Waals surface area contributed by atoms with Crippen LogP contribution in [0.5, 0.6) is 0 Å². The number of aryl methyl sites for hydroxylation is 1. The lowest BCUT2D eigenvalue weighted by molar-refractivity contribution is 0.581. The van der Waals surface area contributed by atoms with Gasteiger partial charge >= 0.3 is 0 Å². The first-order valence-corrected chi connectivity index (χ1v) is 7.68. The first kappa shape index (κ1) is 14.7. The second kappa shape index (κ2) is 5.74. The van der Waals surface area contributed by atoms with E-state index >= 15 is 0 Å². The summed E-state index contributed by atoms with van der Waals surface area (Å²) < 4.78 is 28.7. The largest absolute Gasteiger partial charge is 0.326 e. The number of hydrogen-bond donors (Lipinski definition) is 2. The van der Waals surface area contributed by atoms with Gasteiger partial charge in [-0.1, -0.05) is 12.1 Å². The fourth-order valence-corrected chi connectivity index (χ4v) is 2.89. The molecule has 0 spiro atoms. The lowest BCUT2D eigenvalue weighted by Gasteiger charge is -2.07. The van der Waals surface area contributed by atoms with E-state index in [0.717, 1.165) is 16.8 Å². The lowest BCUT2D eigenvalue weighted by atomic mass is 10.2. The van der Waals surface area contributed by atoms with E-state index in [0.29, 0.717) is 6.54 Å². The van der Waals surface area contributed by atoms with Crippen LogP contribution in [0, 0.1) is 6.92 Å². The maximum atomic E-state index is 12.2. The summed E-state index contributed by atoms with van der Waals surface area (Å²) in [6.45, 7) is 2.42. The van der Waals surface area contributed by atoms with Crippen LogP contribution in [0.2, 0.25) is 0 Å². The molecule has 0 aliphatic heterocycles. The highest BCUT2D eigenvalue weighted by Crippen LogP contribution is 2.12. The molecule has 0 amide bonds. The summed E-state index contributed by atoms with van der Waals surface area (Å²) in [5.41, 5.74) is 8.09. The van der Waals surface area contributed by atoms with E-state index in [4.69, 9.17) is 5.73 Å². The first-order chi connectivity index (χ1) is 9.44. The molecule has 0 atom stereocenters. The van der Waals surface area contributed by atoms with Gasteiger partial charge < -0.3 is 5.73 Å². The quantitative estimate of drug-likeness (QED) is 0.848. The Bertz CT molecular complexity index is 707. The van der Waals surface area contributed by atoms with Gasteiger partial charge in [-0.2, -0.15) is 5.10 Å². The van der Waals surface area contributed by atoms with Crippen molar-refractivity contribution in [2.75, 3.05) is 0 Å². The summed E-state index contributed by atoms with van der Waals surface area (Å²) in [5.74, 6) is 0. The Balaban J connectivity index is 2.17. The summed E-state index contributed by atoms with van der Waals surface area (Å²) in [6.07, 6.45) is 1.66. The second-order valence-electron chi connectivity index (χ2n) is 4.55. The zero-order valence-electron chi connectivity index (χ0n) is 11.5. The maximum absolute atomic E-state index is 12.2. The number of benzene rings is 1. The summed E-state index contributed by atoms with van der Waals surface area (Å²) in [4.78, 5) is 0.224. The monoisotopic (exact) mass is 294 g/mol. The van der Waals surface area contributed by atoms with Crippen LogP contribution in [-0.4, -0.2) is 18.2 Å². The third kappa shape index (κ3) is 3.06. The molecule has 2 aromatic rings. The van der Waals surface area contributed by atoms with Gasteiger partial charge in [-0.05, 0) is 24.6 Å². The average Bonchev–Trinajstić information content (AvgIpc) is 2.77. The number of nitrogens with one attached hydrogen (secondary N) is 1. The Labute approximate surface area is 118 Å². The van der Waals surface area contributed by atoms with E-state index in [1.807, 2.05) is 14.0 Å². The molecule has 20 heavy (non-hydrogen) atoms. The molecular weight excluding hydrogens is 276 g/mol. The van der Waals surface area contributed by atoms with Crippen molar-refractivity contribution in [3.63, 3.8) is 0 Å². The minimum atomic E-state index is -3.54. The molecule has 0 unspecified atom stereocenters. The predicted molar refractivity (Wildman–Crippen MR) is 76.3 cm³/mol. The van der Waals surface area contributed by atoms with Crippen molar-refractivity contribution in [2.45, 2.75) is 24.9 Å². The highest BCUT2D eigenvalue weighted by Gasteiger charge is 2.15. The van der Waals surface area contributed by atoms with Crippen LogP contribution in [0.25, 0.3) is 0 Å². The number of rotatable bonds is 5. The second-order valence-corrected chi connectivity index (χ2v) is 6.32. The van der Waals surface area contributed by atoms with Crippen molar-refractivity contribution in [1.82, 2.24) is 14.5 Å². The Morgan fingerprint density at radius 1 is 1.40 bits per heavy atom. The van der Waals surface area contributed by atoms with Crippen LogP contribution in [-0.2, 0) is 30.2 Å². The van der Waals surface area contributed by atoms with Crippen molar-refractivity contribution in [3.05, 3.63) is 47.3 Å². The summed E-state index contributed by atoms with van der Waals surface area (Å²) in [7, 11) is -1.72. The molecule has 1 aromatic heterocycles. The van der Waals surface area contributed by atoms with Gasteiger partial charge in [0.1, 0.15) is 0 Å². The van der Waals surface area contributed by atoms with Gasteiger partial charge in [0.15, 0.2) is 0 Å². The van der Waals surface area contributed by atoms with Gasteiger partial charge in [0.25, 0.3) is 0 Å². The molecule has 0 fully saturated rings. The van der Waals surface area contributed by atoms with Gasteiger partial charge in [-0.25, -0.2) is 13.1 Å². The molecule has 6 nitrogen and oxygen atoms in total. The van der Waals surface area contributed by atoms with E-state index in [1.165, 1.54) is 0 Å². The van der Waals surface area contributed by atoms with Gasteiger partial charge in [0.2, 0.25) is 10.0 Å². The van der Waals surface area contributed by atoms with Crippen molar-refractivity contribution in [2.24, 2.45) is 12.8 Å². The average molecular weight is 294 g/mol. The van der Waals surface area contributed by atoms with Gasteiger partial charge in [0.05, 0.1) is 11.1 Å². The van der Waals surface area contributed by atoms with Gasteiger partial charge in [-0.15, -0.1) is 0 Å². The molecule has 0 aliphatic rings. The maximum Gasteiger partial charge on any atom is 0.240 e. The Morgan fingerprint density at radius 2 is 2.15 bits per heavy atom. The summed E-state index contributed by atoms with van der Waals surface area (Å²) in [5, 5.41) is 4.08. The SMILES string of the molecule is Cc1c(CNS(=O)(=O)c2cccc(CN)c2)cnn1C. The van der Waals surface area contributed by atoms with Crippen LogP contribution in [0.15, 0.2) is 35.4 Å². The Hall–Kier alpha value is -1.70. The summed E-state index contributed by atoms with van der Waals surface area (Å²) >= 11 is 0. The zero-order valence-corrected chi connectivity index (χ0v) is 12.3. The van der Waals surface area contributed by atoms with E-state index in [1.54, 1.807) is 35.1 Å². The van der Waals surface area contributed by atoms with E-state index in [9.17, 15) is 8.42 Å². The van der Waals surface area contributed by atoms with Gasteiger partial charge in [0, 0.05) is 31.4 Å². The highest BCUT2D eigenvalue weighted by atomic mass is 32.2. The van der Waals surface area contributed by atoms with Crippen LogP contribution in [0.4, 0.5) is 0 Å². The van der Waals surface area contributed by atoms with Crippen molar-refractivity contribution < 1.29 is 8.42 Å². The fraction of sp³-hybridized carbons (Fsp3) is 0.308. The van der Waals surface area contributed by atoms with Crippen molar-refractivity contribution >= 4 is 10.0 Å². The third-order valence-electron chi connectivity index (χ3n) is 3.23. The minimum Gasteiger partial charge on any atom is -0.326 e. The van der Waals surface area contributed by atoms with Crippen LogP contribution < -0.4 is 10.5 Å². The third-order valence-corrected chi connectivity index (χ3v) is 4.63. The van der Waals surface area contributed by atoms with Crippen molar-refractivity contribution in [1.29, 1.82) is 0 Å². The molecule has 108 valence electrons. The molecule has 7 heteroatoms. The molecule has 2 rings (SSSR count). The number of sulfonamides is 1. The molecule has 0 saturated heterocycles. The normalized spacial score (nSPS) is 11.8. The van der Waals surface area contributed by atoms with Gasteiger partial charge in [-0.3, -0.25) is 4.68 Å². The molecular formula is C13H18N4O2S. The molecule has 0 aliphatic carbocycles. The van der Waals surface area contributed by atoms with Crippen LogP contribution in [0.3, 0.4) is 0 Å². The highest BCUT2D eigenvalue weighted by molar-refractivity contribution is 7.89. The number of hydrogen-bond acceptors (Lipinski definition) is 4. The molecule has 0 saturated carbocycles. The standard InChI is InChI=1S/C13H18N4O2S/c1-10-12(8-15-17(10)2)9-16-20(18,19)13-5-3-4-11(6-13)7-14/h3-6,8,16H,7,9,14H2,1-2H3. The van der Waals surface area contributed by atoms with E-state index < -0.39 is 10.0 Å². The Morgan fingerprint density at radius 3 is 2.75 bits per heavy atom. The first-order valence-electron chi connectivity index (χ1n) is 6.20. The number of nitrogens with two attached hydrogens (primary N) is 1. The van der Waals surface area contributed by atoms with Crippen molar-refractivity contribution in [3.8, 4) is 0 Å². The molecule has 1 aromatic carbocycles. The molecule has 0 bridgehead atoms. The molecule has 1 heterocycles. The van der Waals surface area contributed by atoms with Crippen LogP contribution in [0.1, 0.15) is 16.8 Å². The molecule has 0 radical (unpaired) electrons. The number of aromatic nitrogens is 2. The predicted octanol–water partition coefficient (Wildman–Crippen LogP) is 0.666. The number of nitrogens with zero attached hydrogens (tertiary/aromatic N) is 2. The van der Waals surface area contributed by atoms with E-state index in [2.05, 4.69) is 9.82 Å². The van der Waals surface area contributed by atoms with Crippen LogP contribution >= 0.6 is 0 Å². The smallest absolute Gasteiger partial charge is 0.240 e.